The van der Waals surface area contributed by atoms with Gasteiger partial charge in [-0.2, -0.15) is 4.31 Å². The van der Waals surface area contributed by atoms with Crippen LogP contribution in [0.15, 0.2) is 59.5 Å². The Morgan fingerprint density at radius 2 is 1.82 bits per heavy atom. The molecular formula is C21H26N2O4S. The van der Waals surface area contributed by atoms with Crippen LogP contribution in [0.2, 0.25) is 0 Å². The predicted molar refractivity (Wildman–Crippen MR) is 108 cm³/mol. The molecule has 3 rings (SSSR count). The molecule has 6 nitrogen and oxygen atoms in total. The molecule has 1 fully saturated rings. The first-order valence-electron chi connectivity index (χ1n) is 9.56. The van der Waals surface area contributed by atoms with E-state index in [2.05, 4.69) is 5.32 Å². The Bertz CT molecular complexity index is 882. The standard InChI is InChI=1S/C21H26N2O4S/c1-17-7-5-6-15-23(17)28(25,26)20-12-10-18(11-13-20)21(24)22-14-16-27-19-8-3-2-4-9-19/h2-4,8-13,17H,5-7,14-16H2,1H3,(H,22,24)/t17-/m0/s1. The van der Waals surface area contributed by atoms with Crippen LogP contribution >= 0.6 is 0 Å². The van der Waals surface area contributed by atoms with Crippen LogP contribution in [0.5, 0.6) is 5.75 Å². The second kappa shape index (κ2) is 9.21. The molecule has 0 aliphatic carbocycles. The number of hydrogen-bond acceptors (Lipinski definition) is 4. The number of hydrogen-bond donors (Lipinski definition) is 1. The number of para-hydroxylation sites is 1. The van der Waals surface area contributed by atoms with Crippen LogP contribution in [0.4, 0.5) is 0 Å². The Kier molecular flexibility index (Phi) is 6.70. The lowest BCUT2D eigenvalue weighted by Gasteiger charge is -2.32. The molecule has 1 atom stereocenters. The van der Waals surface area contributed by atoms with Gasteiger partial charge in [-0.3, -0.25) is 4.79 Å². The third-order valence-electron chi connectivity index (χ3n) is 4.86. The van der Waals surface area contributed by atoms with Gasteiger partial charge in [0.1, 0.15) is 12.4 Å². The molecule has 0 radical (unpaired) electrons. The summed E-state index contributed by atoms with van der Waals surface area (Å²) in [4.78, 5) is 12.5. The Morgan fingerprint density at radius 3 is 2.50 bits per heavy atom. The lowest BCUT2D eigenvalue weighted by atomic mass is 10.1. The van der Waals surface area contributed by atoms with Crippen molar-refractivity contribution in [1.82, 2.24) is 9.62 Å². The maximum Gasteiger partial charge on any atom is 0.251 e. The van der Waals surface area contributed by atoms with E-state index >= 15 is 0 Å². The first-order chi connectivity index (χ1) is 13.5. The van der Waals surface area contributed by atoms with E-state index < -0.39 is 10.0 Å². The van der Waals surface area contributed by atoms with E-state index in [0.717, 1.165) is 25.0 Å². The topological polar surface area (TPSA) is 75.7 Å². The quantitative estimate of drug-likeness (QED) is 0.722. The zero-order chi connectivity index (χ0) is 20.0. The normalized spacial score (nSPS) is 17.8. The van der Waals surface area contributed by atoms with Crippen molar-refractivity contribution in [2.45, 2.75) is 37.1 Å². The molecule has 0 spiro atoms. The fourth-order valence-corrected chi connectivity index (χ4v) is 4.99. The van der Waals surface area contributed by atoms with Crippen LogP contribution in [-0.2, 0) is 10.0 Å². The highest BCUT2D eigenvalue weighted by atomic mass is 32.2. The van der Waals surface area contributed by atoms with E-state index in [9.17, 15) is 13.2 Å². The van der Waals surface area contributed by atoms with Gasteiger partial charge >= 0.3 is 0 Å². The highest BCUT2D eigenvalue weighted by Crippen LogP contribution is 2.25. The van der Waals surface area contributed by atoms with Gasteiger partial charge < -0.3 is 10.1 Å². The summed E-state index contributed by atoms with van der Waals surface area (Å²) in [7, 11) is -3.52. The summed E-state index contributed by atoms with van der Waals surface area (Å²) in [6, 6.07) is 15.5. The average Bonchev–Trinajstić information content (AvgIpc) is 2.72. The Morgan fingerprint density at radius 1 is 1.11 bits per heavy atom. The molecule has 1 aliphatic rings. The van der Waals surface area contributed by atoms with Gasteiger partial charge in [0.25, 0.3) is 5.91 Å². The number of amides is 1. The number of piperidine rings is 1. The van der Waals surface area contributed by atoms with Crippen LogP contribution in [0, 0.1) is 0 Å². The molecule has 7 heteroatoms. The summed E-state index contributed by atoms with van der Waals surface area (Å²) in [5.74, 6) is 0.491. The van der Waals surface area contributed by atoms with Crippen molar-refractivity contribution in [2.24, 2.45) is 0 Å². The maximum absolute atomic E-state index is 12.8. The summed E-state index contributed by atoms with van der Waals surface area (Å²) < 4.78 is 32.8. The van der Waals surface area contributed by atoms with Crippen molar-refractivity contribution < 1.29 is 17.9 Å². The largest absolute Gasteiger partial charge is 0.492 e. The first kappa shape index (κ1) is 20.4. The van der Waals surface area contributed by atoms with Crippen LogP contribution in [0.25, 0.3) is 0 Å². The molecular weight excluding hydrogens is 376 g/mol. The number of rotatable bonds is 7. The molecule has 2 aromatic rings. The van der Waals surface area contributed by atoms with E-state index in [4.69, 9.17) is 4.74 Å². The molecule has 0 saturated carbocycles. The number of carbonyl (C=O) groups is 1. The van der Waals surface area contributed by atoms with Gasteiger partial charge in [0.2, 0.25) is 10.0 Å². The molecule has 1 saturated heterocycles. The van der Waals surface area contributed by atoms with Gasteiger partial charge in [-0.15, -0.1) is 0 Å². The number of nitrogens with one attached hydrogen (secondary N) is 1. The first-order valence-corrected chi connectivity index (χ1v) is 11.0. The zero-order valence-corrected chi connectivity index (χ0v) is 16.8. The molecule has 2 aromatic carbocycles. The smallest absolute Gasteiger partial charge is 0.251 e. The fraction of sp³-hybridized carbons (Fsp3) is 0.381. The molecule has 0 unspecified atom stereocenters. The molecule has 0 bridgehead atoms. The van der Waals surface area contributed by atoms with Crippen LogP contribution in [-0.4, -0.2) is 44.4 Å². The molecule has 1 aliphatic heterocycles. The monoisotopic (exact) mass is 402 g/mol. The van der Waals surface area contributed by atoms with Gasteiger partial charge in [-0.1, -0.05) is 24.6 Å². The minimum Gasteiger partial charge on any atom is -0.492 e. The van der Waals surface area contributed by atoms with Crippen molar-refractivity contribution >= 4 is 15.9 Å². The van der Waals surface area contributed by atoms with Gasteiger partial charge in [0.15, 0.2) is 0 Å². The highest BCUT2D eigenvalue weighted by Gasteiger charge is 2.30. The van der Waals surface area contributed by atoms with Crippen molar-refractivity contribution in [1.29, 1.82) is 0 Å². The third-order valence-corrected chi connectivity index (χ3v) is 6.89. The average molecular weight is 403 g/mol. The summed E-state index contributed by atoms with van der Waals surface area (Å²) in [5.41, 5.74) is 0.422. The molecule has 1 amide bonds. The SMILES string of the molecule is C[C@H]1CCCCN1S(=O)(=O)c1ccc(C(=O)NCCOc2ccccc2)cc1. The van der Waals surface area contributed by atoms with Gasteiger partial charge in [0.05, 0.1) is 11.4 Å². The Balaban J connectivity index is 1.55. The van der Waals surface area contributed by atoms with E-state index in [-0.39, 0.29) is 16.8 Å². The predicted octanol–water partition coefficient (Wildman–Crippen LogP) is 3.06. The lowest BCUT2D eigenvalue weighted by Crippen LogP contribution is -2.41. The number of benzene rings is 2. The third kappa shape index (κ3) is 4.91. The summed E-state index contributed by atoms with van der Waals surface area (Å²) >= 11 is 0. The molecule has 1 heterocycles. The molecule has 1 N–H and O–H groups in total. The van der Waals surface area contributed by atoms with Crippen molar-refractivity contribution in [3.05, 3.63) is 60.2 Å². The van der Waals surface area contributed by atoms with Gasteiger partial charge in [0, 0.05) is 18.2 Å². The zero-order valence-electron chi connectivity index (χ0n) is 16.0. The van der Waals surface area contributed by atoms with Crippen LogP contribution in [0.1, 0.15) is 36.5 Å². The van der Waals surface area contributed by atoms with E-state index in [1.807, 2.05) is 37.3 Å². The van der Waals surface area contributed by atoms with Crippen LogP contribution in [0.3, 0.4) is 0 Å². The van der Waals surface area contributed by atoms with Gasteiger partial charge in [-0.05, 0) is 56.2 Å². The minimum atomic E-state index is -3.52. The second-order valence-corrected chi connectivity index (χ2v) is 8.79. The highest BCUT2D eigenvalue weighted by molar-refractivity contribution is 7.89. The number of carbonyl (C=O) groups excluding carboxylic acids is 1. The Labute approximate surface area is 166 Å². The van der Waals surface area contributed by atoms with E-state index in [1.165, 1.54) is 12.1 Å². The van der Waals surface area contributed by atoms with E-state index in [1.54, 1.807) is 16.4 Å². The molecule has 0 aromatic heterocycles. The molecule has 28 heavy (non-hydrogen) atoms. The van der Waals surface area contributed by atoms with Gasteiger partial charge in [-0.25, -0.2) is 8.42 Å². The molecule has 150 valence electrons. The summed E-state index contributed by atoms with van der Waals surface area (Å²) in [5, 5.41) is 2.77. The lowest BCUT2D eigenvalue weighted by molar-refractivity contribution is 0.0947. The van der Waals surface area contributed by atoms with Crippen molar-refractivity contribution in [2.75, 3.05) is 19.7 Å². The fourth-order valence-electron chi connectivity index (χ4n) is 3.29. The maximum atomic E-state index is 12.8. The summed E-state index contributed by atoms with van der Waals surface area (Å²) in [6.45, 7) is 3.21. The van der Waals surface area contributed by atoms with Crippen molar-refractivity contribution in [3.63, 3.8) is 0 Å². The number of sulfonamides is 1. The summed E-state index contributed by atoms with van der Waals surface area (Å²) in [6.07, 6.45) is 2.82. The minimum absolute atomic E-state index is 0.00587. The number of nitrogens with zero attached hydrogens (tertiary/aromatic N) is 1. The second-order valence-electron chi connectivity index (χ2n) is 6.90. The van der Waals surface area contributed by atoms with Crippen LogP contribution < -0.4 is 10.1 Å². The van der Waals surface area contributed by atoms with Crippen molar-refractivity contribution in [3.8, 4) is 5.75 Å². The Hall–Kier alpha value is -2.38. The number of ether oxygens (including phenoxy) is 1. The van der Waals surface area contributed by atoms with E-state index in [0.29, 0.717) is 25.3 Å².